The van der Waals surface area contributed by atoms with Crippen LogP contribution in [0.25, 0.3) is 0 Å². The Morgan fingerprint density at radius 1 is 0.882 bits per heavy atom. The van der Waals surface area contributed by atoms with Crippen LogP contribution in [0.1, 0.15) is 17.3 Å². The van der Waals surface area contributed by atoms with Crippen LogP contribution in [-0.2, 0) is 0 Å². The number of halogens is 4. The first-order valence-electron chi connectivity index (χ1n) is 4.96. The van der Waals surface area contributed by atoms with Gasteiger partial charge < -0.3 is 0 Å². The monoisotopic (exact) mass is 328 g/mol. The molecule has 17 heavy (non-hydrogen) atoms. The zero-order chi connectivity index (χ0) is 13.5. The van der Waals surface area contributed by atoms with Crippen molar-refractivity contribution in [3.8, 4) is 0 Å². The molecule has 0 fully saturated rings. The molecule has 1 aromatic rings. The Bertz CT molecular complexity index is 462. The van der Waals surface area contributed by atoms with Gasteiger partial charge in [-0.25, -0.2) is 0 Å². The Kier molecular flexibility index (Phi) is 4.60. The minimum absolute atomic E-state index is 0.199. The third kappa shape index (κ3) is 2.82. The number of carbonyl (C=O) groups excluding carboxylic acids is 1. The van der Waals surface area contributed by atoms with Gasteiger partial charge in [-0.05, 0) is 12.1 Å². The first kappa shape index (κ1) is 15.3. The molecule has 0 aromatic heterocycles. The molecule has 0 saturated heterocycles. The van der Waals surface area contributed by atoms with Crippen LogP contribution in [0.2, 0.25) is 39.7 Å². The molecule has 0 aliphatic carbocycles. The van der Waals surface area contributed by atoms with Crippen molar-refractivity contribution in [3.05, 3.63) is 25.7 Å². The van der Waals surface area contributed by atoms with Crippen molar-refractivity contribution in [3.63, 3.8) is 0 Å². The number of hydrogen-bond donors (Lipinski definition) is 0. The van der Waals surface area contributed by atoms with E-state index in [-0.39, 0.29) is 21.4 Å². The van der Waals surface area contributed by atoms with Gasteiger partial charge in [0.15, 0.2) is 5.78 Å². The molecule has 0 atom stereocenters. The molecule has 1 rings (SSSR count). The molecule has 0 unspecified atom stereocenters. The number of benzene rings is 1. The molecular formula is C11H12Cl4OSi. The van der Waals surface area contributed by atoms with Crippen molar-refractivity contribution in [2.24, 2.45) is 0 Å². The van der Waals surface area contributed by atoms with Gasteiger partial charge in [0.2, 0.25) is 0 Å². The van der Waals surface area contributed by atoms with Crippen molar-refractivity contribution in [2.75, 3.05) is 0 Å². The minimum Gasteiger partial charge on any atom is -0.294 e. The molecule has 0 aliphatic rings. The van der Waals surface area contributed by atoms with Gasteiger partial charge in [-0.1, -0.05) is 66.0 Å². The summed E-state index contributed by atoms with van der Waals surface area (Å²) in [5, 5.41) is 1.90. The summed E-state index contributed by atoms with van der Waals surface area (Å²) in [6.45, 7) is 7.63. The predicted molar refractivity (Wildman–Crippen MR) is 79.5 cm³/mol. The summed E-state index contributed by atoms with van der Waals surface area (Å²) in [6, 6.07) is 0. The van der Waals surface area contributed by atoms with E-state index >= 15 is 0 Å². The zero-order valence-corrected chi connectivity index (χ0v) is 13.9. The Hall–Kier alpha value is 0.267. The standard InChI is InChI=1S/C11H12Cl4OSi/c1-5(16)6-7(12)9(14)11(17(2,3)4)10(15)8(6)13/h1-4H3. The highest BCUT2D eigenvalue weighted by Gasteiger charge is 2.29. The summed E-state index contributed by atoms with van der Waals surface area (Å²) >= 11 is 24.6. The van der Waals surface area contributed by atoms with Gasteiger partial charge in [0.25, 0.3) is 0 Å². The van der Waals surface area contributed by atoms with E-state index in [2.05, 4.69) is 19.6 Å². The second kappa shape index (κ2) is 5.10. The van der Waals surface area contributed by atoms with Gasteiger partial charge in [-0.3, -0.25) is 4.79 Å². The average Bonchev–Trinajstić information content (AvgIpc) is 2.12. The molecule has 0 amide bonds. The van der Waals surface area contributed by atoms with Gasteiger partial charge in [0.05, 0.1) is 33.7 Å². The zero-order valence-electron chi connectivity index (χ0n) is 9.92. The highest BCUT2D eigenvalue weighted by atomic mass is 35.5. The molecule has 0 radical (unpaired) electrons. The molecule has 0 N–H and O–H groups in total. The third-order valence-electron chi connectivity index (χ3n) is 2.37. The highest BCUT2D eigenvalue weighted by molar-refractivity contribution is 6.92. The SMILES string of the molecule is CC(=O)c1c(Cl)c(Cl)c([Si](C)(C)C)c(Cl)c1Cl. The van der Waals surface area contributed by atoms with E-state index in [4.69, 9.17) is 46.4 Å². The maximum absolute atomic E-state index is 11.5. The first-order chi connectivity index (χ1) is 7.59. The number of ketones is 1. The molecule has 0 heterocycles. The van der Waals surface area contributed by atoms with Crippen LogP contribution in [-0.4, -0.2) is 13.9 Å². The molecule has 0 saturated carbocycles. The van der Waals surface area contributed by atoms with Crippen LogP contribution in [0.3, 0.4) is 0 Å². The Balaban J connectivity index is 3.77. The second-order valence-electron chi connectivity index (χ2n) is 4.81. The molecule has 94 valence electrons. The maximum Gasteiger partial charge on any atom is 0.162 e. The van der Waals surface area contributed by atoms with Crippen LogP contribution in [0, 0.1) is 0 Å². The summed E-state index contributed by atoms with van der Waals surface area (Å²) in [6.07, 6.45) is 0. The second-order valence-corrected chi connectivity index (χ2v) is 11.3. The summed E-state index contributed by atoms with van der Waals surface area (Å²) < 4.78 is 0. The van der Waals surface area contributed by atoms with Crippen molar-refractivity contribution < 1.29 is 4.79 Å². The van der Waals surface area contributed by atoms with Crippen LogP contribution in [0.15, 0.2) is 0 Å². The van der Waals surface area contributed by atoms with Gasteiger partial charge in [0.1, 0.15) is 0 Å². The highest BCUT2D eigenvalue weighted by Crippen LogP contribution is 2.37. The Labute approximate surface area is 122 Å². The van der Waals surface area contributed by atoms with Gasteiger partial charge >= 0.3 is 0 Å². The average molecular weight is 330 g/mol. The summed E-state index contributed by atoms with van der Waals surface area (Å²) in [4.78, 5) is 11.5. The number of carbonyl (C=O) groups is 1. The molecule has 0 spiro atoms. The number of Topliss-reactive ketones (excluding diaryl/α,β-unsaturated/α-hetero) is 1. The lowest BCUT2D eigenvalue weighted by molar-refractivity contribution is 0.101. The molecule has 6 heteroatoms. The quantitative estimate of drug-likeness (QED) is 0.421. The van der Waals surface area contributed by atoms with Gasteiger partial charge in [-0.15, -0.1) is 0 Å². The van der Waals surface area contributed by atoms with Crippen molar-refractivity contribution in [2.45, 2.75) is 26.6 Å². The summed E-state index contributed by atoms with van der Waals surface area (Å²) in [5.41, 5.74) is 0.199. The minimum atomic E-state index is -1.79. The smallest absolute Gasteiger partial charge is 0.162 e. The predicted octanol–water partition coefficient (Wildman–Crippen LogP) is 5.05. The number of hydrogen-bond acceptors (Lipinski definition) is 1. The van der Waals surface area contributed by atoms with Crippen molar-refractivity contribution >= 4 is 65.4 Å². The molecule has 0 aliphatic heterocycles. The fourth-order valence-corrected chi connectivity index (χ4v) is 6.14. The lowest BCUT2D eigenvalue weighted by Gasteiger charge is -2.23. The van der Waals surface area contributed by atoms with Gasteiger partial charge in [-0.2, -0.15) is 0 Å². The van der Waals surface area contributed by atoms with Crippen LogP contribution < -0.4 is 5.19 Å². The summed E-state index contributed by atoms with van der Waals surface area (Å²) in [7, 11) is -1.79. The van der Waals surface area contributed by atoms with E-state index in [9.17, 15) is 4.79 Å². The van der Waals surface area contributed by atoms with Gasteiger partial charge in [0, 0.05) is 0 Å². The molecule has 0 bridgehead atoms. The van der Waals surface area contributed by atoms with E-state index in [1.807, 2.05) is 0 Å². The molecular weight excluding hydrogens is 318 g/mol. The lowest BCUT2D eigenvalue weighted by Crippen LogP contribution is -2.40. The fraction of sp³-hybridized carbons (Fsp3) is 0.364. The van der Waals surface area contributed by atoms with Crippen LogP contribution in [0.5, 0.6) is 0 Å². The van der Waals surface area contributed by atoms with Crippen LogP contribution >= 0.6 is 46.4 Å². The molecule has 1 aromatic carbocycles. The van der Waals surface area contributed by atoms with Crippen molar-refractivity contribution in [1.29, 1.82) is 0 Å². The van der Waals surface area contributed by atoms with E-state index in [1.165, 1.54) is 6.92 Å². The normalized spacial score (nSPS) is 11.8. The van der Waals surface area contributed by atoms with E-state index < -0.39 is 8.07 Å². The van der Waals surface area contributed by atoms with Crippen molar-refractivity contribution in [1.82, 2.24) is 0 Å². The first-order valence-corrected chi connectivity index (χ1v) is 9.97. The number of rotatable bonds is 2. The largest absolute Gasteiger partial charge is 0.294 e. The van der Waals surface area contributed by atoms with E-state index in [1.54, 1.807) is 0 Å². The topological polar surface area (TPSA) is 17.1 Å². The Morgan fingerprint density at radius 2 is 1.24 bits per heavy atom. The molecule has 1 nitrogen and oxygen atoms in total. The Morgan fingerprint density at radius 3 is 1.47 bits per heavy atom. The lowest BCUT2D eigenvalue weighted by atomic mass is 10.1. The fourth-order valence-electron chi connectivity index (χ4n) is 1.60. The maximum atomic E-state index is 11.5. The van der Waals surface area contributed by atoms with E-state index in [0.717, 1.165) is 5.19 Å². The van der Waals surface area contributed by atoms with E-state index in [0.29, 0.717) is 10.0 Å². The third-order valence-corrected chi connectivity index (χ3v) is 6.39. The van der Waals surface area contributed by atoms with Crippen LogP contribution in [0.4, 0.5) is 0 Å². The summed E-state index contributed by atoms with van der Waals surface area (Å²) in [5.74, 6) is -0.245.